The Labute approximate surface area is 153 Å². The second-order valence-corrected chi connectivity index (χ2v) is 14.0. The fourth-order valence-electron chi connectivity index (χ4n) is 3.72. The normalized spacial score (nSPS) is 32.1. The Hall–Kier alpha value is -0.433. The van der Waals surface area contributed by atoms with E-state index in [1.807, 2.05) is 13.8 Å². The molecular weight excluding hydrogens is 336 g/mol. The van der Waals surface area contributed by atoms with E-state index >= 15 is 0 Å². The van der Waals surface area contributed by atoms with Gasteiger partial charge in [0, 0.05) is 19.4 Å². The molecule has 1 heterocycles. The average Bonchev–Trinajstić information content (AvgIpc) is 2.90. The van der Waals surface area contributed by atoms with Crippen molar-refractivity contribution < 1.29 is 23.4 Å². The van der Waals surface area contributed by atoms with Crippen molar-refractivity contribution in [2.24, 2.45) is 11.8 Å². The van der Waals surface area contributed by atoms with Crippen LogP contribution >= 0.6 is 0 Å². The summed E-state index contributed by atoms with van der Waals surface area (Å²) in [6.07, 6.45) is 0.208. The Morgan fingerprint density at radius 3 is 2.32 bits per heavy atom. The zero-order chi connectivity index (χ0) is 19.2. The predicted molar refractivity (Wildman–Crippen MR) is 99.8 cm³/mol. The number of rotatable bonds is 6. The van der Waals surface area contributed by atoms with Gasteiger partial charge in [-0.15, -0.1) is 0 Å². The first-order valence-electron chi connectivity index (χ1n) is 9.43. The average molecular weight is 373 g/mol. The van der Waals surface area contributed by atoms with Gasteiger partial charge in [-0.25, -0.2) is 0 Å². The fraction of sp³-hybridized carbons (Fsp3) is 0.947. The van der Waals surface area contributed by atoms with E-state index in [4.69, 9.17) is 18.6 Å². The number of esters is 1. The molecule has 0 aromatic heterocycles. The molecule has 4 atom stereocenters. The van der Waals surface area contributed by atoms with E-state index in [0.717, 1.165) is 6.42 Å². The molecule has 1 unspecified atom stereocenters. The number of carbonyl (C=O) groups excluding carboxylic acids is 1. The van der Waals surface area contributed by atoms with E-state index in [0.29, 0.717) is 12.5 Å². The molecule has 5 nitrogen and oxygen atoms in total. The SMILES string of the molecule is CC(=O)O[C@@H]1C[C@H](CO[Si](C)(C)C(C)(C)C(C)C)[C@H]2OC(C)(C)OC12. The first-order chi connectivity index (χ1) is 11.3. The lowest BCUT2D eigenvalue weighted by atomic mass is 9.99. The van der Waals surface area contributed by atoms with Crippen LogP contribution in [0.1, 0.15) is 54.9 Å². The van der Waals surface area contributed by atoms with Crippen molar-refractivity contribution in [3.63, 3.8) is 0 Å². The monoisotopic (exact) mass is 372 g/mol. The van der Waals surface area contributed by atoms with Crippen molar-refractivity contribution in [2.45, 2.75) is 97.1 Å². The Kier molecular flexibility index (Phi) is 5.80. The largest absolute Gasteiger partial charge is 0.460 e. The molecule has 1 aliphatic heterocycles. The molecular formula is C19H36O5Si. The zero-order valence-corrected chi connectivity index (χ0v) is 18.3. The van der Waals surface area contributed by atoms with Crippen LogP contribution in [0.5, 0.6) is 0 Å². The highest BCUT2D eigenvalue weighted by atomic mass is 28.4. The second kappa shape index (κ2) is 6.95. The van der Waals surface area contributed by atoms with Crippen LogP contribution in [0.4, 0.5) is 0 Å². The summed E-state index contributed by atoms with van der Waals surface area (Å²) in [6, 6.07) is 0. The summed E-state index contributed by atoms with van der Waals surface area (Å²) < 4.78 is 24.2. The molecule has 1 aliphatic carbocycles. The van der Waals surface area contributed by atoms with Gasteiger partial charge in [0.05, 0.1) is 6.10 Å². The van der Waals surface area contributed by atoms with E-state index < -0.39 is 14.1 Å². The maximum atomic E-state index is 11.4. The lowest BCUT2D eigenvalue weighted by Gasteiger charge is -2.43. The lowest BCUT2D eigenvalue weighted by Crippen LogP contribution is -2.46. The van der Waals surface area contributed by atoms with Crippen LogP contribution in [0.2, 0.25) is 18.1 Å². The summed E-state index contributed by atoms with van der Waals surface area (Å²) in [5.41, 5.74) is 0. The summed E-state index contributed by atoms with van der Waals surface area (Å²) in [7, 11) is -1.90. The standard InChI is InChI=1S/C19H36O5Si/c1-12(2)18(4,5)25(8,9)21-11-14-10-15(22-13(3)20)17-16(14)23-19(6,7)24-17/h12,14-17H,10-11H2,1-9H3/t14-,15-,16-,17?/m1/s1. The summed E-state index contributed by atoms with van der Waals surface area (Å²) in [5.74, 6) is -0.166. The molecule has 0 radical (unpaired) electrons. The Bertz CT molecular complexity index is 500. The summed E-state index contributed by atoms with van der Waals surface area (Å²) in [5, 5.41) is 0.173. The van der Waals surface area contributed by atoms with Gasteiger partial charge < -0.3 is 18.6 Å². The van der Waals surface area contributed by atoms with Gasteiger partial charge in [-0.3, -0.25) is 4.79 Å². The van der Waals surface area contributed by atoms with Crippen molar-refractivity contribution in [3.05, 3.63) is 0 Å². The highest BCUT2D eigenvalue weighted by Crippen LogP contribution is 2.47. The molecule has 2 rings (SSSR count). The molecule has 0 bridgehead atoms. The Balaban J connectivity index is 2.07. The molecule has 0 N–H and O–H groups in total. The number of carbonyl (C=O) groups is 1. The van der Waals surface area contributed by atoms with Gasteiger partial charge in [-0.2, -0.15) is 0 Å². The summed E-state index contributed by atoms with van der Waals surface area (Å²) in [4.78, 5) is 11.4. The van der Waals surface area contributed by atoms with Gasteiger partial charge in [0.25, 0.3) is 0 Å². The molecule has 0 aromatic carbocycles. The third kappa shape index (κ3) is 4.29. The smallest absolute Gasteiger partial charge is 0.302 e. The molecule has 25 heavy (non-hydrogen) atoms. The van der Waals surface area contributed by atoms with E-state index in [9.17, 15) is 4.79 Å². The maximum Gasteiger partial charge on any atom is 0.302 e. The van der Waals surface area contributed by atoms with Crippen molar-refractivity contribution in [3.8, 4) is 0 Å². The number of hydrogen-bond donors (Lipinski definition) is 0. The van der Waals surface area contributed by atoms with Crippen LogP contribution in [0.15, 0.2) is 0 Å². The Morgan fingerprint density at radius 2 is 1.80 bits per heavy atom. The van der Waals surface area contributed by atoms with Gasteiger partial charge >= 0.3 is 5.97 Å². The van der Waals surface area contributed by atoms with E-state index in [-0.39, 0.29) is 35.2 Å². The van der Waals surface area contributed by atoms with Crippen molar-refractivity contribution in [2.75, 3.05) is 6.61 Å². The summed E-state index contributed by atoms with van der Waals surface area (Å²) in [6.45, 7) is 19.6. The molecule has 2 fully saturated rings. The highest BCUT2D eigenvalue weighted by Gasteiger charge is 2.56. The fourth-order valence-corrected chi connectivity index (χ4v) is 6.12. The van der Waals surface area contributed by atoms with Gasteiger partial charge in [0.1, 0.15) is 12.2 Å². The quantitative estimate of drug-likeness (QED) is 0.519. The molecule has 1 saturated heterocycles. The van der Waals surface area contributed by atoms with Crippen molar-refractivity contribution in [1.29, 1.82) is 0 Å². The van der Waals surface area contributed by atoms with Crippen LogP contribution in [0.25, 0.3) is 0 Å². The predicted octanol–water partition coefficient (Wildman–Crippen LogP) is 4.12. The van der Waals surface area contributed by atoms with E-state index in [1.165, 1.54) is 6.92 Å². The van der Waals surface area contributed by atoms with E-state index in [2.05, 4.69) is 40.8 Å². The second-order valence-electron chi connectivity index (χ2n) is 9.41. The molecule has 6 heteroatoms. The first-order valence-corrected chi connectivity index (χ1v) is 12.3. The van der Waals surface area contributed by atoms with Crippen LogP contribution in [0.3, 0.4) is 0 Å². The molecule has 0 aromatic rings. The zero-order valence-electron chi connectivity index (χ0n) is 17.3. The van der Waals surface area contributed by atoms with Gasteiger partial charge in [-0.05, 0) is 44.3 Å². The van der Waals surface area contributed by atoms with Crippen LogP contribution in [0, 0.1) is 11.8 Å². The minimum atomic E-state index is -1.90. The minimum Gasteiger partial charge on any atom is -0.460 e. The molecule has 146 valence electrons. The van der Waals surface area contributed by atoms with Crippen molar-refractivity contribution >= 4 is 14.3 Å². The molecule has 1 saturated carbocycles. The third-order valence-corrected chi connectivity index (χ3v) is 11.1. The third-order valence-electron chi connectivity index (χ3n) is 6.50. The van der Waals surface area contributed by atoms with Crippen molar-refractivity contribution in [1.82, 2.24) is 0 Å². The van der Waals surface area contributed by atoms with E-state index in [1.54, 1.807) is 0 Å². The minimum absolute atomic E-state index is 0.0775. The summed E-state index contributed by atoms with van der Waals surface area (Å²) >= 11 is 0. The topological polar surface area (TPSA) is 54.0 Å². The maximum absolute atomic E-state index is 11.4. The number of fused-ring (bicyclic) bond motifs is 1. The molecule has 2 aliphatic rings. The van der Waals surface area contributed by atoms with Gasteiger partial charge in [0.15, 0.2) is 14.1 Å². The van der Waals surface area contributed by atoms with Crippen LogP contribution in [-0.2, 0) is 23.4 Å². The first kappa shape index (κ1) is 20.9. The number of hydrogen-bond acceptors (Lipinski definition) is 5. The van der Waals surface area contributed by atoms with Gasteiger partial charge in [-0.1, -0.05) is 27.7 Å². The lowest BCUT2D eigenvalue weighted by molar-refractivity contribution is -0.178. The molecule has 0 spiro atoms. The van der Waals surface area contributed by atoms with Gasteiger partial charge in [0.2, 0.25) is 0 Å². The Morgan fingerprint density at radius 1 is 1.24 bits per heavy atom. The highest BCUT2D eigenvalue weighted by molar-refractivity contribution is 6.74. The molecule has 0 amide bonds. The van der Waals surface area contributed by atoms with Crippen LogP contribution in [-0.4, -0.2) is 45.0 Å². The van der Waals surface area contributed by atoms with Crippen LogP contribution < -0.4 is 0 Å². The number of ether oxygens (including phenoxy) is 3.